The quantitative estimate of drug-likeness (QED) is 0.588. The van der Waals surface area contributed by atoms with Crippen LogP contribution in [0, 0.1) is 5.82 Å². The third-order valence-electron chi connectivity index (χ3n) is 4.83. The van der Waals surface area contributed by atoms with Crippen LogP contribution >= 0.6 is 11.8 Å². The van der Waals surface area contributed by atoms with Crippen molar-refractivity contribution >= 4 is 22.8 Å². The van der Waals surface area contributed by atoms with Gasteiger partial charge in [0.15, 0.2) is 5.17 Å². The fraction of sp³-hybridized carbons (Fsp3) is 0.167. The number of aliphatic imine (C=N–C) groups is 1. The number of carbonyl (C=O) groups excluding carboxylic acids is 1. The highest BCUT2D eigenvalue weighted by molar-refractivity contribution is 8.13. The minimum Gasteiger partial charge on any atom is -0.289 e. The second-order valence-electron chi connectivity index (χ2n) is 6.83. The van der Waals surface area contributed by atoms with Crippen LogP contribution in [0.1, 0.15) is 11.1 Å². The molecule has 0 bridgehead atoms. The lowest BCUT2D eigenvalue weighted by atomic mass is 10.0. The van der Waals surface area contributed by atoms with Crippen molar-refractivity contribution in [2.45, 2.75) is 12.2 Å². The van der Waals surface area contributed by atoms with Crippen molar-refractivity contribution < 1.29 is 9.18 Å². The molecule has 1 amide bonds. The molecule has 0 aromatic heterocycles. The van der Waals surface area contributed by atoms with Crippen molar-refractivity contribution in [3.8, 4) is 11.1 Å². The Bertz CT molecular complexity index is 1020. The molecule has 0 spiro atoms. The third-order valence-corrected chi connectivity index (χ3v) is 5.90. The largest absolute Gasteiger partial charge is 0.289 e. The first-order valence-electron chi connectivity index (χ1n) is 9.56. The number of hydrogen-bond acceptors (Lipinski definition) is 3. The lowest BCUT2D eigenvalue weighted by Crippen LogP contribution is -2.34. The summed E-state index contributed by atoms with van der Waals surface area (Å²) in [6.45, 7) is 1.18. The minimum absolute atomic E-state index is 0.0229. The van der Waals surface area contributed by atoms with Gasteiger partial charge < -0.3 is 0 Å². The molecule has 29 heavy (non-hydrogen) atoms. The topological polar surface area (TPSA) is 32.7 Å². The molecule has 0 N–H and O–H groups in total. The number of benzene rings is 3. The average molecular weight is 405 g/mol. The first kappa shape index (κ1) is 19.4. The zero-order valence-corrected chi connectivity index (χ0v) is 16.7. The standard InChI is InChI=1S/C24H21FN2OS/c25-22-9-5-4-8-21(22)17-29-24-26-14-15-27(24)23(28)16-18-10-12-20(13-11-18)19-6-2-1-3-7-19/h1-13H,14-17H2. The molecule has 0 aliphatic carbocycles. The molecule has 146 valence electrons. The fourth-order valence-corrected chi connectivity index (χ4v) is 4.31. The molecule has 1 aliphatic rings. The summed E-state index contributed by atoms with van der Waals surface area (Å²) in [7, 11) is 0. The Kier molecular flexibility index (Phi) is 6.06. The Morgan fingerprint density at radius 3 is 2.38 bits per heavy atom. The lowest BCUT2D eigenvalue weighted by Gasteiger charge is -2.18. The molecule has 4 rings (SSSR count). The molecule has 0 unspecified atom stereocenters. The molecule has 0 atom stereocenters. The van der Waals surface area contributed by atoms with Crippen LogP contribution in [0.5, 0.6) is 0 Å². The average Bonchev–Trinajstić information content (AvgIpc) is 3.23. The molecular formula is C24H21FN2OS. The van der Waals surface area contributed by atoms with Gasteiger partial charge in [0, 0.05) is 12.3 Å². The number of carbonyl (C=O) groups is 1. The number of nitrogens with zero attached hydrogens (tertiary/aromatic N) is 2. The third kappa shape index (κ3) is 4.74. The van der Waals surface area contributed by atoms with Gasteiger partial charge >= 0.3 is 0 Å². The van der Waals surface area contributed by atoms with Crippen molar-refractivity contribution in [3.05, 3.63) is 95.8 Å². The van der Waals surface area contributed by atoms with Gasteiger partial charge in [0.2, 0.25) is 5.91 Å². The fourth-order valence-electron chi connectivity index (χ4n) is 3.26. The molecule has 1 aliphatic heterocycles. The summed E-state index contributed by atoms with van der Waals surface area (Å²) in [4.78, 5) is 19.0. The number of amides is 1. The van der Waals surface area contributed by atoms with Crippen LogP contribution in [0.4, 0.5) is 4.39 Å². The number of thioether (sulfide) groups is 1. The Morgan fingerprint density at radius 1 is 0.931 bits per heavy atom. The number of amidine groups is 1. The van der Waals surface area contributed by atoms with Crippen molar-refractivity contribution in [3.63, 3.8) is 0 Å². The first-order valence-corrected chi connectivity index (χ1v) is 10.5. The molecule has 0 saturated carbocycles. The summed E-state index contributed by atoms with van der Waals surface area (Å²) in [5.41, 5.74) is 3.88. The number of hydrogen-bond donors (Lipinski definition) is 0. The van der Waals surface area contributed by atoms with E-state index in [9.17, 15) is 9.18 Å². The smallest absolute Gasteiger partial charge is 0.233 e. The monoisotopic (exact) mass is 404 g/mol. The highest BCUT2D eigenvalue weighted by Crippen LogP contribution is 2.23. The molecule has 1 heterocycles. The van der Waals surface area contributed by atoms with E-state index in [0.717, 1.165) is 16.7 Å². The van der Waals surface area contributed by atoms with Gasteiger partial charge in [-0.25, -0.2) is 4.39 Å². The Morgan fingerprint density at radius 2 is 1.62 bits per heavy atom. The number of halogens is 1. The summed E-state index contributed by atoms with van der Waals surface area (Å²) in [6, 6.07) is 25.0. The van der Waals surface area contributed by atoms with Crippen molar-refractivity contribution in [2.24, 2.45) is 4.99 Å². The highest BCUT2D eigenvalue weighted by atomic mass is 32.2. The molecular weight excluding hydrogens is 383 g/mol. The van der Waals surface area contributed by atoms with E-state index in [1.54, 1.807) is 17.0 Å². The van der Waals surface area contributed by atoms with Crippen molar-refractivity contribution in [2.75, 3.05) is 13.1 Å². The van der Waals surface area contributed by atoms with Crippen LogP contribution in [0.2, 0.25) is 0 Å². The van der Waals surface area contributed by atoms with E-state index < -0.39 is 0 Å². The second kappa shape index (κ2) is 9.05. The van der Waals surface area contributed by atoms with Gasteiger partial charge in [-0.05, 0) is 28.3 Å². The van der Waals surface area contributed by atoms with Crippen LogP contribution in [-0.2, 0) is 17.0 Å². The van der Waals surface area contributed by atoms with Gasteiger partial charge in [-0.1, -0.05) is 84.6 Å². The highest BCUT2D eigenvalue weighted by Gasteiger charge is 2.24. The number of rotatable bonds is 5. The van der Waals surface area contributed by atoms with Crippen LogP contribution in [-0.4, -0.2) is 29.1 Å². The second-order valence-corrected chi connectivity index (χ2v) is 7.77. The van der Waals surface area contributed by atoms with Gasteiger partial charge in [0.05, 0.1) is 13.0 Å². The maximum Gasteiger partial charge on any atom is 0.233 e. The minimum atomic E-state index is -0.227. The Balaban J connectivity index is 1.37. The van der Waals surface area contributed by atoms with E-state index in [4.69, 9.17) is 0 Å². The maximum atomic E-state index is 13.8. The van der Waals surface area contributed by atoms with E-state index in [1.165, 1.54) is 17.8 Å². The van der Waals surface area contributed by atoms with E-state index in [-0.39, 0.29) is 11.7 Å². The SMILES string of the molecule is O=C(Cc1ccc(-c2ccccc2)cc1)N1CCN=C1SCc1ccccc1F. The zero-order valence-electron chi connectivity index (χ0n) is 15.9. The summed E-state index contributed by atoms with van der Waals surface area (Å²) < 4.78 is 13.8. The molecule has 0 saturated heterocycles. The maximum absolute atomic E-state index is 13.8. The van der Waals surface area contributed by atoms with Gasteiger partial charge in [-0.3, -0.25) is 14.7 Å². The van der Waals surface area contributed by atoms with Gasteiger partial charge in [0.1, 0.15) is 5.82 Å². The van der Waals surface area contributed by atoms with Gasteiger partial charge in [-0.15, -0.1) is 0 Å². The van der Waals surface area contributed by atoms with E-state index in [1.807, 2.05) is 48.5 Å². The first-order chi connectivity index (χ1) is 14.2. The van der Waals surface area contributed by atoms with Crippen LogP contribution in [0.25, 0.3) is 11.1 Å². The lowest BCUT2D eigenvalue weighted by molar-refractivity contribution is -0.126. The van der Waals surface area contributed by atoms with E-state index >= 15 is 0 Å². The van der Waals surface area contributed by atoms with Gasteiger partial charge in [-0.2, -0.15) is 0 Å². The normalized spacial score (nSPS) is 13.4. The molecule has 5 heteroatoms. The van der Waals surface area contributed by atoms with E-state index in [0.29, 0.717) is 36.0 Å². The molecule has 0 radical (unpaired) electrons. The molecule has 3 aromatic rings. The molecule has 3 aromatic carbocycles. The van der Waals surface area contributed by atoms with Crippen LogP contribution in [0.15, 0.2) is 83.9 Å². The molecule has 3 nitrogen and oxygen atoms in total. The van der Waals surface area contributed by atoms with Crippen LogP contribution < -0.4 is 0 Å². The zero-order chi connectivity index (χ0) is 20.1. The van der Waals surface area contributed by atoms with Crippen molar-refractivity contribution in [1.82, 2.24) is 4.90 Å². The molecule has 0 fully saturated rings. The summed E-state index contributed by atoms with van der Waals surface area (Å²) in [6.07, 6.45) is 0.328. The van der Waals surface area contributed by atoms with Crippen molar-refractivity contribution in [1.29, 1.82) is 0 Å². The predicted octanol–water partition coefficient (Wildman–Crippen LogP) is 5.17. The Hall–Kier alpha value is -2.92. The summed E-state index contributed by atoms with van der Waals surface area (Å²) >= 11 is 1.41. The summed E-state index contributed by atoms with van der Waals surface area (Å²) in [5, 5.41) is 0.680. The van der Waals surface area contributed by atoms with Crippen LogP contribution in [0.3, 0.4) is 0 Å². The Labute approximate surface area is 174 Å². The summed E-state index contributed by atoms with van der Waals surface area (Å²) in [5.74, 6) is 0.255. The van der Waals surface area contributed by atoms with Gasteiger partial charge in [0.25, 0.3) is 0 Å². The van der Waals surface area contributed by atoms with E-state index in [2.05, 4.69) is 17.1 Å². The predicted molar refractivity (Wildman–Crippen MR) is 117 cm³/mol.